The highest BCUT2D eigenvalue weighted by molar-refractivity contribution is 5.73. The first-order chi connectivity index (χ1) is 5.95. The number of hydrogen-bond acceptors (Lipinski definition) is 2. The topological polar surface area (TPSA) is 46.0 Å². The molecule has 0 unspecified atom stereocenters. The van der Waals surface area contributed by atoms with E-state index in [4.69, 9.17) is 0 Å². The average molecular weight is 157 g/mol. The number of hydrogen-bond donors (Lipinski definition) is 1. The van der Waals surface area contributed by atoms with E-state index in [1.54, 1.807) is 18.6 Å². The second-order valence-corrected chi connectivity index (χ2v) is 2.54. The molecule has 0 atom stereocenters. The number of aromatic nitrogens is 4. The Bertz CT molecular complexity index is 484. The minimum atomic E-state index is 0.834. The SMILES string of the molecule is [c]1c[nH]c2ncc3nccn3c12. The van der Waals surface area contributed by atoms with Gasteiger partial charge in [-0.3, -0.25) is 4.40 Å². The molecule has 1 N–H and O–H groups in total. The smallest absolute Gasteiger partial charge is 0.155 e. The van der Waals surface area contributed by atoms with Gasteiger partial charge in [-0.15, -0.1) is 0 Å². The lowest BCUT2D eigenvalue weighted by Gasteiger charge is -1.93. The number of aromatic amines is 1. The zero-order chi connectivity index (χ0) is 7.97. The van der Waals surface area contributed by atoms with Gasteiger partial charge in [-0.1, -0.05) is 0 Å². The van der Waals surface area contributed by atoms with Crippen molar-refractivity contribution in [2.24, 2.45) is 0 Å². The number of nitrogens with zero attached hydrogens (tertiary/aromatic N) is 3. The Morgan fingerprint density at radius 1 is 1.42 bits per heavy atom. The van der Waals surface area contributed by atoms with Crippen molar-refractivity contribution < 1.29 is 0 Å². The van der Waals surface area contributed by atoms with E-state index in [-0.39, 0.29) is 0 Å². The normalized spacial score (nSPS) is 11.3. The van der Waals surface area contributed by atoms with Gasteiger partial charge in [0.1, 0.15) is 0 Å². The molecule has 4 nitrogen and oxygen atoms in total. The van der Waals surface area contributed by atoms with Crippen LogP contribution in [0.4, 0.5) is 0 Å². The predicted molar refractivity (Wildman–Crippen MR) is 43.7 cm³/mol. The van der Waals surface area contributed by atoms with E-state index in [0.717, 1.165) is 16.8 Å². The van der Waals surface area contributed by atoms with Gasteiger partial charge in [-0.25, -0.2) is 9.97 Å². The number of fused-ring (bicyclic) bond motifs is 3. The number of imidazole rings is 1. The zero-order valence-corrected chi connectivity index (χ0v) is 6.15. The number of rotatable bonds is 0. The molecule has 0 fully saturated rings. The van der Waals surface area contributed by atoms with Gasteiger partial charge in [0.2, 0.25) is 0 Å². The molecule has 0 saturated heterocycles. The van der Waals surface area contributed by atoms with Gasteiger partial charge >= 0.3 is 0 Å². The molecule has 0 amide bonds. The third-order valence-corrected chi connectivity index (χ3v) is 1.86. The quantitative estimate of drug-likeness (QED) is 0.529. The Labute approximate surface area is 67.9 Å². The van der Waals surface area contributed by atoms with Crippen molar-refractivity contribution in [3.8, 4) is 0 Å². The standard InChI is InChI=1S/C8H5N4/c1-2-10-8-6(1)12-4-3-9-7(12)5-11-8/h2-5,10H. The Morgan fingerprint density at radius 2 is 2.42 bits per heavy atom. The molecule has 1 radical (unpaired) electrons. The van der Waals surface area contributed by atoms with E-state index in [1.807, 2.05) is 10.6 Å². The van der Waals surface area contributed by atoms with Crippen LogP contribution >= 0.6 is 0 Å². The van der Waals surface area contributed by atoms with E-state index < -0.39 is 0 Å². The summed E-state index contributed by atoms with van der Waals surface area (Å²) in [5, 5.41) is 0. The summed E-state index contributed by atoms with van der Waals surface area (Å²) in [5.74, 6) is 0. The Balaban J connectivity index is 2.71. The van der Waals surface area contributed by atoms with Gasteiger partial charge in [-0.2, -0.15) is 0 Å². The van der Waals surface area contributed by atoms with Gasteiger partial charge in [0.05, 0.1) is 11.7 Å². The second-order valence-electron chi connectivity index (χ2n) is 2.54. The Morgan fingerprint density at radius 3 is 3.42 bits per heavy atom. The molecular weight excluding hydrogens is 152 g/mol. The van der Waals surface area contributed by atoms with Crippen LogP contribution in [0.15, 0.2) is 24.8 Å². The van der Waals surface area contributed by atoms with Crippen molar-refractivity contribution in [1.29, 1.82) is 0 Å². The van der Waals surface area contributed by atoms with E-state index in [2.05, 4.69) is 21.0 Å². The summed E-state index contributed by atoms with van der Waals surface area (Å²) < 4.78 is 1.94. The predicted octanol–water partition coefficient (Wildman–Crippen LogP) is 1.01. The molecule has 12 heavy (non-hydrogen) atoms. The summed E-state index contributed by atoms with van der Waals surface area (Å²) >= 11 is 0. The van der Waals surface area contributed by atoms with E-state index in [0.29, 0.717) is 0 Å². The van der Waals surface area contributed by atoms with Crippen LogP contribution in [0.5, 0.6) is 0 Å². The molecule has 3 aromatic heterocycles. The molecule has 0 aromatic carbocycles. The van der Waals surface area contributed by atoms with Crippen LogP contribution in [0.1, 0.15) is 0 Å². The van der Waals surface area contributed by atoms with Crippen LogP contribution in [-0.4, -0.2) is 19.4 Å². The first kappa shape index (κ1) is 5.77. The van der Waals surface area contributed by atoms with Gasteiger partial charge in [-0.05, 0) is 0 Å². The molecular formula is C8H5N4. The largest absolute Gasteiger partial charge is 0.344 e. The summed E-state index contributed by atoms with van der Waals surface area (Å²) in [5.41, 5.74) is 2.61. The lowest BCUT2D eigenvalue weighted by Crippen LogP contribution is -1.86. The Kier molecular flexibility index (Phi) is 0.889. The van der Waals surface area contributed by atoms with Crippen LogP contribution in [0.2, 0.25) is 0 Å². The maximum Gasteiger partial charge on any atom is 0.155 e. The molecule has 4 heteroatoms. The minimum absolute atomic E-state index is 0.834. The summed E-state index contributed by atoms with van der Waals surface area (Å²) in [7, 11) is 0. The van der Waals surface area contributed by atoms with Crippen molar-refractivity contribution in [2.45, 2.75) is 0 Å². The fraction of sp³-hybridized carbons (Fsp3) is 0. The van der Waals surface area contributed by atoms with Crippen molar-refractivity contribution in [3.63, 3.8) is 0 Å². The zero-order valence-electron chi connectivity index (χ0n) is 6.15. The van der Waals surface area contributed by atoms with Gasteiger partial charge in [0.25, 0.3) is 0 Å². The van der Waals surface area contributed by atoms with Crippen LogP contribution < -0.4 is 0 Å². The van der Waals surface area contributed by atoms with E-state index in [9.17, 15) is 0 Å². The molecule has 0 saturated carbocycles. The van der Waals surface area contributed by atoms with Crippen molar-refractivity contribution in [3.05, 3.63) is 30.9 Å². The molecule has 3 heterocycles. The Hall–Kier alpha value is -1.84. The van der Waals surface area contributed by atoms with Crippen molar-refractivity contribution in [2.75, 3.05) is 0 Å². The first-order valence-electron chi connectivity index (χ1n) is 3.62. The van der Waals surface area contributed by atoms with Crippen molar-refractivity contribution in [1.82, 2.24) is 19.4 Å². The van der Waals surface area contributed by atoms with Gasteiger partial charge < -0.3 is 4.98 Å². The molecule has 57 valence electrons. The highest BCUT2D eigenvalue weighted by Gasteiger charge is 2.00. The highest BCUT2D eigenvalue weighted by Crippen LogP contribution is 2.10. The molecule has 0 bridgehead atoms. The molecule has 0 aliphatic heterocycles. The number of nitrogens with one attached hydrogen (secondary N) is 1. The summed E-state index contributed by atoms with van der Waals surface area (Å²) in [6, 6.07) is 3.05. The maximum absolute atomic E-state index is 4.17. The first-order valence-corrected chi connectivity index (χ1v) is 3.62. The summed E-state index contributed by atoms with van der Waals surface area (Å²) in [6.07, 6.45) is 7.12. The average Bonchev–Trinajstić information content (AvgIpc) is 2.71. The molecule has 3 aromatic rings. The number of H-pyrrole nitrogens is 1. The second kappa shape index (κ2) is 1.85. The van der Waals surface area contributed by atoms with E-state index in [1.165, 1.54) is 0 Å². The third kappa shape index (κ3) is 0.567. The fourth-order valence-electron chi connectivity index (χ4n) is 1.31. The lowest BCUT2D eigenvalue weighted by atomic mass is 10.5. The van der Waals surface area contributed by atoms with Crippen molar-refractivity contribution >= 4 is 16.8 Å². The molecule has 3 rings (SSSR count). The fourth-order valence-corrected chi connectivity index (χ4v) is 1.31. The lowest BCUT2D eigenvalue weighted by molar-refractivity contribution is 1.20. The highest BCUT2D eigenvalue weighted by atomic mass is 15.0. The molecule has 0 spiro atoms. The minimum Gasteiger partial charge on any atom is -0.344 e. The van der Waals surface area contributed by atoms with Gasteiger partial charge in [0.15, 0.2) is 11.3 Å². The van der Waals surface area contributed by atoms with Crippen LogP contribution in [-0.2, 0) is 0 Å². The molecule has 0 aliphatic rings. The monoisotopic (exact) mass is 157 g/mol. The van der Waals surface area contributed by atoms with Gasteiger partial charge in [0, 0.05) is 24.7 Å². The van der Waals surface area contributed by atoms with Crippen LogP contribution in [0.25, 0.3) is 16.8 Å². The maximum atomic E-state index is 4.17. The molecule has 0 aliphatic carbocycles. The summed E-state index contributed by atoms with van der Waals surface area (Å²) in [4.78, 5) is 11.3. The van der Waals surface area contributed by atoms with E-state index >= 15 is 0 Å². The van der Waals surface area contributed by atoms with Crippen LogP contribution in [0, 0.1) is 6.07 Å². The van der Waals surface area contributed by atoms with Crippen LogP contribution in [0.3, 0.4) is 0 Å². The third-order valence-electron chi connectivity index (χ3n) is 1.86. The summed E-state index contributed by atoms with van der Waals surface area (Å²) in [6.45, 7) is 0.